The minimum atomic E-state index is -1.18. The molecule has 0 saturated heterocycles. The van der Waals surface area contributed by atoms with Crippen molar-refractivity contribution in [3.05, 3.63) is 62.6 Å². The van der Waals surface area contributed by atoms with Crippen LogP contribution in [0.3, 0.4) is 0 Å². The second kappa shape index (κ2) is 5.94. The normalized spacial score (nSPS) is 11.1. The first-order valence-corrected chi connectivity index (χ1v) is 7.85. The molecular formula is C16H11BrClFN2O2. The maximum atomic E-state index is 14.8. The van der Waals surface area contributed by atoms with E-state index in [4.69, 9.17) is 11.6 Å². The van der Waals surface area contributed by atoms with Gasteiger partial charge in [-0.05, 0) is 23.8 Å². The van der Waals surface area contributed by atoms with Crippen molar-refractivity contribution in [1.82, 2.24) is 9.55 Å². The Morgan fingerprint density at radius 1 is 1.43 bits per heavy atom. The number of nitrogens with zero attached hydrogens (tertiary/aromatic N) is 2. The minimum Gasteiger partial charge on any atom is -0.478 e. The van der Waals surface area contributed by atoms with Gasteiger partial charge >= 0.3 is 5.97 Å². The average Bonchev–Trinajstić information content (AvgIpc) is 2.85. The van der Waals surface area contributed by atoms with Crippen LogP contribution in [-0.4, -0.2) is 20.6 Å². The molecule has 118 valence electrons. The fraction of sp³-hybridized carbons (Fsp3) is 0.125. The molecule has 1 heterocycles. The fourth-order valence-electron chi connectivity index (χ4n) is 2.48. The van der Waals surface area contributed by atoms with Gasteiger partial charge < -0.3 is 9.67 Å². The monoisotopic (exact) mass is 396 g/mol. The van der Waals surface area contributed by atoms with E-state index in [2.05, 4.69) is 20.9 Å². The third-order valence-corrected chi connectivity index (χ3v) is 4.52. The van der Waals surface area contributed by atoms with Crippen molar-refractivity contribution in [2.45, 2.75) is 6.42 Å². The van der Waals surface area contributed by atoms with Gasteiger partial charge in [0.05, 0.1) is 17.4 Å². The van der Waals surface area contributed by atoms with E-state index in [1.54, 1.807) is 29.8 Å². The molecule has 4 nitrogen and oxygen atoms in total. The Morgan fingerprint density at radius 2 is 2.17 bits per heavy atom. The number of hydrogen-bond donors (Lipinski definition) is 1. The van der Waals surface area contributed by atoms with Crippen LogP contribution in [0.15, 0.2) is 35.1 Å². The predicted molar refractivity (Wildman–Crippen MR) is 89.6 cm³/mol. The molecule has 1 N–H and O–H groups in total. The molecule has 2 aromatic carbocycles. The highest BCUT2D eigenvalue weighted by Gasteiger charge is 2.21. The van der Waals surface area contributed by atoms with Crippen LogP contribution in [0.2, 0.25) is 5.02 Å². The molecule has 23 heavy (non-hydrogen) atoms. The topological polar surface area (TPSA) is 55.1 Å². The van der Waals surface area contributed by atoms with Gasteiger partial charge in [0.1, 0.15) is 5.52 Å². The molecule has 0 unspecified atom stereocenters. The van der Waals surface area contributed by atoms with E-state index in [1.807, 2.05) is 0 Å². The second-order valence-electron chi connectivity index (χ2n) is 5.16. The Kier molecular flexibility index (Phi) is 4.12. The van der Waals surface area contributed by atoms with Gasteiger partial charge in [-0.2, -0.15) is 0 Å². The smallest absolute Gasteiger partial charge is 0.336 e. The summed E-state index contributed by atoms with van der Waals surface area (Å²) in [6.07, 6.45) is 1.53. The van der Waals surface area contributed by atoms with Crippen LogP contribution in [0.25, 0.3) is 11.0 Å². The molecule has 0 radical (unpaired) electrons. The maximum absolute atomic E-state index is 14.8. The summed E-state index contributed by atoms with van der Waals surface area (Å²) in [7, 11) is 1.69. The fourth-order valence-corrected chi connectivity index (χ4v) is 3.22. The van der Waals surface area contributed by atoms with Gasteiger partial charge in [0.2, 0.25) is 0 Å². The third-order valence-electron chi connectivity index (χ3n) is 3.67. The van der Waals surface area contributed by atoms with E-state index in [1.165, 1.54) is 12.4 Å². The summed E-state index contributed by atoms with van der Waals surface area (Å²) in [6, 6.07) is 6.64. The van der Waals surface area contributed by atoms with Gasteiger partial charge in [0.15, 0.2) is 5.82 Å². The van der Waals surface area contributed by atoms with Crippen LogP contribution < -0.4 is 0 Å². The number of fused-ring (bicyclic) bond motifs is 1. The number of hydrogen-bond acceptors (Lipinski definition) is 2. The molecule has 0 aliphatic rings. The first-order valence-electron chi connectivity index (χ1n) is 6.68. The highest BCUT2D eigenvalue weighted by Crippen LogP contribution is 2.29. The average molecular weight is 398 g/mol. The Hall–Kier alpha value is -1.92. The van der Waals surface area contributed by atoms with Gasteiger partial charge in [0, 0.05) is 28.5 Å². The summed E-state index contributed by atoms with van der Waals surface area (Å²) in [5.41, 5.74) is 1.23. The first kappa shape index (κ1) is 16.0. The molecule has 7 heteroatoms. The van der Waals surface area contributed by atoms with Crippen LogP contribution in [0, 0.1) is 5.82 Å². The van der Waals surface area contributed by atoms with Crippen LogP contribution >= 0.6 is 27.5 Å². The summed E-state index contributed by atoms with van der Waals surface area (Å²) in [4.78, 5) is 15.6. The van der Waals surface area contributed by atoms with Crippen molar-refractivity contribution in [3.8, 4) is 0 Å². The summed E-state index contributed by atoms with van der Waals surface area (Å²) in [5, 5.41) is 9.87. The van der Waals surface area contributed by atoms with Crippen LogP contribution in [0.4, 0.5) is 4.39 Å². The number of carboxylic acids is 1. The standard InChI is InChI=1S/C16H11BrClFN2O2/c1-21-7-20-15-13(21)6-11(16(22)23)10(14(15)19)4-8-2-3-9(17)5-12(8)18/h2-3,5-7H,4H2,1H3,(H,22,23). The van der Waals surface area contributed by atoms with E-state index >= 15 is 0 Å². The van der Waals surface area contributed by atoms with E-state index in [0.717, 1.165) is 4.47 Å². The number of carbonyl (C=O) groups is 1. The molecule has 0 atom stereocenters. The molecule has 0 fully saturated rings. The Labute approximate surface area is 144 Å². The van der Waals surface area contributed by atoms with Crippen molar-refractivity contribution in [2.24, 2.45) is 7.05 Å². The summed E-state index contributed by atoms with van der Waals surface area (Å²) >= 11 is 9.47. The minimum absolute atomic E-state index is 0.0755. The Bertz CT molecular complexity index is 939. The zero-order chi connectivity index (χ0) is 16.7. The largest absolute Gasteiger partial charge is 0.478 e. The number of halogens is 3. The van der Waals surface area contributed by atoms with Crippen LogP contribution in [0.5, 0.6) is 0 Å². The van der Waals surface area contributed by atoms with Crippen LogP contribution in [0.1, 0.15) is 21.5 Å². The molecular weight excluding hydrogens is 387 g/mol. The van der Waals surface area contributed by atoms with Crippen molar-refractivity contribution in [1.29, 1.82) is 0 Å². The lowest BCUT2D eigenvalue weighted by Gasteiger charge is -2.11. The molecule has 1 aromatic heterocycles. The maximum Gasteiger partial charge on any atom is 0.336 e. The van der Waals surface area contributed by atoms with Crippen molar-refractivity contribution >= 4 is 44.5 Å². The number of aromatic nitrogens is 2. The van der Waals surface area contributed by atoms with Gasteiger partial charge in [-0.1, -0.05) is 33.6 Å². The van der Waals surface area contributed by atoms with Gasteiger partial charge in [-0.3, -0.25) is 0 Å². The molecule has 0 aliphatic carbocycles. The molecule has 3 rings (SSSR count). The number of aromatic carboxylic acids is 1. The summed E-state index contributed by atoms with van der Waals surface area (Å²) in [6.45, 7) is 0. The lowest BCUT2D eigenvalue weighted by Crippen LogP contribution is -2.07. The number of aryl methyl sites for hydroxylation is 1. The molecule has 0 saturated carbocycles. The Balaban J connectivity index is 2.21. The number of carboxylic acid groups (broad SMARTS) is 1. The third kappa shape index (κ3) is 2.84. The SMILES string of the molecule is Cn1cnc2c(F)c(Cc3ccc(Br)cc3Cl)c(C(=O)O)cc21. The lowest BCUT2D eigenvalue weighted by molar-refractivity contribution is 0.0695. The zero-order valence-corrected chi connectivity index (χ0v) is 14.3. The molecule has 3 aromatic rings. The predicted octanol–water partition coefficient (Wildman–Crippen LogP) is 4.42. The van der Waals surface area contributed by atoms with E-state index < -0.39 is 11.8 Å². The van der Waals surface area contributed by atoms with Crippen molar-refractivity contribution in [3.63, 3.8) is 0 Å². The van der Waals surface area contributed by atoms with Crippen molar-refractivity contribution in [2.75, 3.05) is 0 Å². The second-order valence-corrected chi connectivity index (χ2v) is 6.48. The molecule has 0 aliphatic heterocycles. The van der Waals surface area contributed by atoms with Gasteiger partial charge in [-0.15, -0.1) is 0 Å². The Morgan fingerprint density at radius 3 is 2.83 bits per heavy atom. The van der Waals surface area contributed by atoms with Gasteiger partial charge in [0.25, 0.3) is 0 Å². The summed E-state index contributed by atoms with van der Waals surface area (Å²) in [5.74, 6) is -1.81. The number of rotatable bonds is 3. The summed E-state index contributed by atoms with van der Waals surface area (Å²) < 4.78 is 17.2. The first-order chi connectivity index (χ1) is 10.9. The molecule has 0 amide bonds. The number of benzene rings is 2. The van der Waals surface area contributed by atoms with E-state index in [9.17, 15) is 14.3 Å². The molecule has 0 spiro atoms. The highest BCUT2D eigenvalue weighted by atomic mass is 79.9. The zero-order valence-electron chi connectivity index (χ0n) is 12.0. The quantitative estimate of drug-likeness (QED) is 0.712. The number of imidazole rings is 1. The van der Waals surface area contributed by atoms with Crippen molar-refractivity contribution < 1.29 is 14.3 Å². The highest BCUT2D eigenvalue weighted by molar-refractivity contribution is 9.10. The van der Waals surface area contributed by atoms with E-state index in [0.29, 0.717) is 16.1 Å². The van der Waals surface area contributed by atoms with Crippen LogP contribution in [-0.2, 0) is 13.5 Å². The molecule has 0 bridgehead atoms. The van der Waals surface area contributed by atoms with E-state index in [-0.39, 0.29) is 23.1 Å². The van der Waals surface area contributed by atoms with Gasteiger partial charge in [-0.25, -0.2) is 14.2 Å². The lowest BCUT2D eigenvalue weighted by atomic mass is 9.98.